The second-order valence-corrected chi connectivity index (χ2v) is 9.25. The van der Waals surface area contributed by atoms with Crippen LogP contribution in [0.15, 0.2) is 24.3 Å². The molecule has 0 amide bonds. The molecule has 2 aliphatic heterocycles. The first-order valence-electron chi connectivity index (χ1n) is 9.64. The summed E-state index contributed by atoms with van der Waals surface area (Å²) in [6.45, 7) is 16.6. The standard InChI is InChI=1S/C21H34BN/c1-6-23-13-11-18(12-14-23)17-7-9-19(10-8-17)22-15-20(2,3)21(4,5)16-22/h7-10,18H,6,11-16H2,1-5H3. The molecule has 1 aromatic rings. The van der Waals surface area contributed by atoms with E-state index in [-0.39, 0.29) is 0 Å². The molecule has 0 aromatic heterocycles. The Labute approximate surface area is 143 Å². The van der Waals surface area contributed by atoms with E-state index in [4.69, 9.17) is 0 Å². The van der Waals surface area contributed by atoms with Crippen LogP contribution in [0.2, 0.25) is 12.6 Å². The topological polar surface area (TPSA) is 3.24 Å². The second kappa shape index (κ2) is 6.28. The lowest BCUT2D eigenvalue weighted by Crippen LogP contribution is -2.33. The van der Waals surface area contributed by atoms with Gasteiger partial charge < -0.3 is 4.90 Å². The number of hydrogen-bond acceptors (Lipinski definition) is 1. The fourth-order valence-electron chi connectivity index (χ4n) is 4.72. The van der Waals surface area contributed by atoms with Crippen molar-refractivity contribution in [2.24, 2.45) is 10.8 Å². The molecular formula is C21H34BN. The van der Waals surface area contributed by atoms with Crippen LogP contribution >= 0.6 is 0 Å². The van der Waals surface area contributed by atoms with Gasteiger partial charge in [0.2, 0.25) is 0 Å². The summed E-state index contributed by atoms with van der Waals surface area (Å²) >= 11 is 0. The zero-order chi connectivity index (χ0) is 16.7. The zero-order valence-electron chi connectivity index (χ0n) is 15.9. The van der Waals surface area contributed by atoms with E-state index in [1.807, 2.05) is 0 Å². The van der Waals surface area contributed by atoms with Crippen molar-refractivity contribution in [2.45, 2.75) is 66.0 Å². The zero-order valence-corrected chi connectivity index (χ0v) is 15.9. The first-order chi connectivity index (χ1) is 10.8. The van der Waals surface area contributed by atoms with E-state index in [0.29, 0.717) is 10.8 Å². The summed E-state index contributed by atoms with van der Waals surface area (Å²) in [5, 5.41) is 0. The molecule has 2 aliphatic rings. The Hall–Kier alpha value is -0.755. The van der Waals surface area contributed by atoms with Crippen LogP contribution in [-0.2, 0) is 0 Å². The molecule has 0 atom stereocenters. The third-order valence-electron chi connectivity index (χ3n) is 7.26. The Morgan fingerprint density at radius 1 is 0.957 bits per heavy atom. The van der Waals surface area contributed by atoms with Gasteiger partial charge in [0.1, 0.15) is 0 Å². The van der Waals surface area contributed by atoms with Crippen molar-refractivity contribution in [1.82, 2.24) is 4.90 Å². The van der Waals surface area contributed by atoms with E-state index in [1.165, 1.54) is 45.1 Å². The number of piperidine rings is 1. The number of nitrogens with zero attached hydrogens (tertiary/aromatic N) is 1. The quantitative estimate of drug-likeness (QED) is 0.734. The number of hydrogen-bond donors (Lipinski definition) is 0. The van der Waals surface area contributed by atoms with E-state index >= 15 is 0 Å². The molecule has 0 unspecified atom stereocenters. The Morgan fingerprint density at radius 3 is 1.96 bits per heavy atom. The van der Waals surface area contributed by atoms with Gasteiger partial charge in [-0.05, 0) is 54.8 Å². The Kier molecular flexibility index (Phi) is 4.66. The highest BCUT2D eigenvalue weighted by atomic mass is 15.1. The molecule has 2 heterocycles. The SMILES string of the molecule is CCN1CCC(c2ccc(B3CC(C)(C)C(C)(C)C3)cc2)CC1. The van der Waals surface area contributed by atoms with E-state index in [2.05, 4.69) is 63.8 Å². The summed E-state index contributed by atoms with van der Waals surface area (Å²) in [6.07, 6.45) is 5.32. The van der Waals surface area contributed by atoms with Gasteiger partial charge >= 0.3 is 0 Å². The highest BCUT2D eigenvalue weighted by molar-refractivity contribution is 6.74. The van der Waals surface area contributed by atoms with Gasteiger partial charge in [-0.3, -0.25) is 0 Å². The van der Waals surface area contributed by atoms with Gasteiger partial charge in [-0.2, -0.15) is 0 Å². The van der Waals surface area contributed by atoms with Crippen molar-refractivity contribution in [2.75, 3.05) is 19.6 Å². The third kappa shape index (κ3) is 3.38. The lowest BCUT2D eigenvalue weighted by atomic mass is 9.42. The Morgan fingerprint density at radius 2 is 1.48 bits per heavy atom. The van der Waals surface area contributed by atoms with Crippen LogP contribution in [0.3, 0.4) is 0 Å². The predicted molar refractivity (Wildman–Crippen MR) is 103 cm³/mol. The molecule has 126 valence electrons. The first kappa shape index (κ1) is 17.1. The summed E-state index contributed by atoms with van der Waals surface area (Å²) in [5.41, 5.74) is 4.03. The van der Waals surface area contributed by atoms with Crippen molar-refractivity contribution in [3.63, 3.8) is 0 Å². The van der Waals surface area contributed by atoms with Crippen LogP contribution in [0, 0.1) is 10.8 Å². The summed E-state index contributed by atoms with van der Waals surface area (Å²) in [5.74, 6) is 0.781. The molecule has 0 spiro atoms. The van der Waals surface area contributed by atoms with Crippen molar-refractivity contribution in [1.29, 1.82) is 0 Å². The normalized spacial score (nSPS) is 25.0. The van der Waals surface area contributed by atoms with Crippen molar-refractivity contribution >= 4 is 12.2 Å². The molecular weight excluding hydrogens is 277 g/mol. The van der Waals surface area contributed by atoms with Crippen molar-refractivity contribution in [3.8, 4) is 0 Å². The molecule has 0 saturated carbocycles. The van der Waals surface area contributed by atoms with E-state index in [1.54, 1.807) is 11.0 Å². The second-order valence-electron chi connectivity index (χ2n) is 9.25. The number of likely N-dealkylation sites (tertiary alicyclic amines) is 1. The first-order valence-corrected chi connectivity index (χ1v) is 9.64. The Bertz CT molecular complexity index is 507. The minimum Gasteiger partial charge on any atom is -0.304 e. The molecule has 0 bridgehead atoms. The summed E-state index contributed by atoms with van der Waals surface area (Å²) in [6, 6.07) is 9.73. The fourth-order valence-corrected chi connectivity index (χ4v) is 4.72. The third-order valence-corrected chi connectivity index (χ3v) is 7.26. The molecule has 1 nitrogen and oxygen atoms in total. The maximum absolute atomic E-state index is 2.58. The highest BCUT2D eigenvalue weighted by Crippen LogP contribution is 2.52. The molecule has 2 saturated heterocycles. The molecule has 1 aromatic carbocycles. The van der Waals surface area contributed by atoms with Crippen LogP contribution in [-0.4, -0.2) is 31.2 Å². The smallest absolute Gasteiger partial charge is 0.176 e. The van der Waals surface area contributed by atoms with Gasteiger partial charge in [0.15, 0.2) is 6.71 Å². The van der Waals surface area contributed by atoms with Crippen LogP contribution in [0.5, 0.6) is 0 Å². The molecule has 0 aliphatic carbocycles. The summed E-state index contributed by atoms with van der Waals surface area (Å²) < 4.78 is 0. The molecule has 0 radical (unpaired) electrons. The lowest BCUT2D eigenvalue weighted by Gasteiger charge is -2.35. The highest BCUT2D eigenvalue weighted by Gasteiger charge is 2.47. The predicted octanol–water partition coefficient (Wildman–Crippen LogP) is 4.65. The summed E-state index contributed by atoms with van der Waals surface area (Å²) in [7, 11) is 0. The fraction of sp³-hybridized carbons (Fsp3) is 0.714. The minimum absolute atomic E-state index is 0.448. The van der Waals surface area contributed by atoms with Gasteiger partial charge in [0.05, 0.1) is 0 Å². The van der Waals surface area contributed by atoms with Gasteiger partial charge in [-0.1, -0.05) is 77.0 Å². The largest absolute Gasteiger partial charge is 0.304 e. The van der Waals surface area contributed by atoms with Crippen LogP contribution in [0.1, 0.15) is 58.9 Å². The van der Waals surface area contributed by atoms with Gasteiger partial charge in [0, 0.05) is 0 Å². The maximum Gasteiger partial charge on any atom is 0.176 e. The molecule has 23 heavy (non-hydrogen) atoms. The van der Waals surface area contributed by atoms with Gasteiger partial charge in [-0.15, -0.1) is 0 Å². The van der Waals surface area contributed by atoms with Gasteiger partial charge in [0.25, 0.3) is 0 Å². The molecule has 2 fully saturated rings. The van der Waals surface area contributed by atoms with Crippen LogP contribution in [0.25, 0.3) is 0 Å². The molecule has 0 N–H and O–H groups in total. The summed E-state index contributed by atoms with van der Waals surface area (Å²) in [4.78, 5) is 2.58. The average Bonchev–Trinajstić information content (AvgIpc) is 2.76. The molecule has 2 heteroatoms. The van der Waals surface area contributed by atoms with Crippen LogP contribution < -0.4 is 5.46 Å². The number of rotatable bonds is 3. The average molecular weight is 311 g/mol. The maximum atomic E-state index is 2.58. The van der Waals surface area contributed by atoms with E-state index < -0.39 is 0 Å². The lowest BCUT2D eigenvalue weighted by molar-refractivity contribution is 0.177. The van der Waals surface area contributed by atoms with Crippen LogP contribution in [0.4, 0.5) is 0 Å². The van der Waals surface area contributed by atoms with Crippen molar-refractivity contribution in [3.05, 3.63) is 29.8 Å². The minimum atomic E-state index is 0.448. The number of benzene rings is 1. The monoisotopic (exact) mass is 311 g/mol. The Balaban J connectivity index is 1.67. The molecule has 3 rings (SSSR count). The van der Waals surface area contributed by atoms with Gasteiger partial charge in [-0.25, -0.2) is 0 Å². The van der Waals surface area contributed by atoms with Crippen molar-refractivity contribution < 1.29 is 0 Å². The van der Waals surface area contributed by atoms with E-state index in [0.717, 1.165) is 12.6 Å². The van der Waals surface area contributed by atoms with E-state index in [9.17, 15) is 0 Å².